The zero-order valence-corrected chi connectivity index (χ0v) is 15.9. The summed E-state index contributed by atoms with van der Waals surface area (Å²) < 4.78 is 0. The molecule has 25 heavy (non-hydrogen) atoms. The van der Waals surface area contributed by atoms with Gasteiger partial charge in [0.15, 0.2) is 0 Å². The number of carbonyl (C=O) groups excluding carboxylic acids is 1. The molecule has 0 radical (unpaired) electrons. The molecular formula is C20H25NO3S. The molecule has 3 rings (SSSR count). The van der Waals surface area contributed by atoms with Crippen molar-refractivity contribution in [3.05, 3.63) is 15.8 Å². The SMILES string of the molecule is CC1CCC(C(=O)N(C)c2cc(C#CC3(C)CC3)sc2C(=O)O)CC1. The first-order valence-corrected chi connectivity index (χ1v) is 9.78. The van der Waals surface area contributed by atoms with E-state index in [0.29, 0.717) is 11.6 Å². The van der Waals surface area contributed by atoms with E-state index in [0.717, 1.165) is 54.7 Å². The summed E-state index contributed by atoms with van der Waals surface area (Å²) in [7, 11) is 1.69. The summed E-state index contributed by atoms with van der Waals surface area (Å²) in [6, 6.07) is 1.76. The van der Waals surface area contributed by atoms with Crippen LogP contribution < -0.4 is 4.90 Å². The molecule has 5 heteroatoms. The van der Waals surface area contributed by atoms with Gasteiger partial charge in [-0.15, -0.1) is 11.3 Å². The van der Waals surface area contributed by atoms with E-state index >= 15 is 0 Å². The monoisotopic (exact) mass is 359 g/mol. The van der Waals surface area contributed by atoms with Gasteiger partial charge in [0.05, 0.1) is 10.6 Å². The van der Waals surface area contributed by atoms with Crippen LogP contribution >= 0.6 is 11.3 Å². The van der Waals surface area contributed by atoms with Gasteiger partial charge in [-0.3, -0.25) is 4.79 Å². The minimum Gasteiger partial charge on any atom is -0.477 e. The summed E-state index contributed by atoms with van der Waals surface area (Å²) in [5.41, 5.74) is 0.569. The molecule has 134 valence electrons. The predicted octanol–water partition coefficient (Wildman–Crippen LogP) is 4.39. The summed E-state index contributed by atoms with van der Waals surface area (Å²) in [4.78, 5) is 26.9. The highest BCUT2D eigenvalue weighted by molar-refractivity contribution is 7.15. The molecule has 0 saturated heterocycles. The fourth-order valence-corrected chi connectivity index (χ4v) is 4.15. The lowest BCUT2D eigenvalue weighted by Crippen LogP contribution is -2.35. The standard InChI is InChI=1S/C20H25NO3S/c1-13-4-6-14(7-5-13)18(22)21(3)16-12-15(25-17(16)19(23)24)8-9-20(2)10-11-20/h12-14H,4-7,10-11H2,1-3H3,(H,23,24). The first kappa shape index (κ1) is 18.0. The molecule has 0 atom stereocenters. The third kappa shape index (κ3) is 4.07. The van der Waals surface area contributed by atoms with Crippen molar-refractivity contribution < 1.29 is 14.7 Å². The van der Waals surface area contributed by atoms with Crippen molar-refractivity contribution in [2.24, 2.45) is 17.3 Å². The van der Waals surface area contributed by atoms with E-state index in [9.17, 15) is 14.7 Å². The molecule has 1 N–H and O–H groups in total. The molecule has 1 aromatic rings. The fraction of sp³-hybridized carbons (Fsp3) is 0.600. The second kappa shape index (κ2) is 6.84. The highest BCUT2D eigenvalue weighted by atomic mass is 32.1. The Labute approximate surface area is 153 Å². The van der Waals surface area contributed by atoms with Gasteiger partial charge in [-0.2, -0.15) is 0 Å². The number of carboxylic acids is 1. The van der Waals surface area contributed by atoms with Crippen LogP contribution in [-0.2, 0) is 4.79 Å². The third-order valence-electron chi connectivity index (χ3n) is 5.45. The molecular weight excluding hydrogens is 334 g/mol. The highest BCUT2D eigenvalue weighted by Crippen LogP contribution is 2.44. The topological polar surface area (TPSA) is 57.6 Å². The molecule has 0 bridgehead atoms. The Morgan fingerprint density at radius 1 is 1.28 bits per heavy atom. The minimum atomic E-state index is -0.998. The summed E-state index contributed by atoms with van der Waals surface area (Å²) in [5.74, 6) is 6.05. The van der Waals surface area contributed by atoms with Crippen LogP contribution in [-0.4, -0.2) is 24.0 Å². The summed E-state index contributed by atoms with van der Waals surface area (Å²) in [5, 5.41) is 9.52. The smallest absolute Gasteiger partial charge is 0.348 e. The Morgan fingerprint density at radius 3 is 2.48 bits per heavy atom. The molecule has 1 amide bonds. The number of carboxylic acid groups (broad SMARTS) is 1. The zero-order chi connectivity index (χ0) is 18.2. The van der Waals surface area contributed by atoms with Crippen LogP contribution in [0.2, 0.25) is 0 Å². The third-order valence-corrected chi connectivity index (χ3v) is 6.48. The molecule has 2 aliphatic rings. The van der Waals surface area contributed by atoms with Crippen molar-refractivity contribution in [2.45, 2.75) is 52.4 Å². The van der Waals surface area contributed by atoms with E-state index < -0.39 is 5.97 Å². The minimum absolute atomic E-state index is 0.00246. The van der Waals surface area contributed by atoms with Gasteiger partial charge in [-0.1, -0.05) is 18.8 Å². The first-order chi connectivity index (χ1) is 11.8. The number of nitrogens with zero attached hydrogens (tertiary/aromatic N) is 1. The normalized spacial score (nSPS) is 24.1. The van der Waals surface area contributed by atoms with Gasteiger partial charge < -0.3 is 10.0 Å². The quantitative estimate of drug-likeness (QED) is 0.815. The summed E-state index contributed by atoms with van der Waals surface area (Å²) in [6.45, 7) is 4.34. The second-order valence-corrected chi connectivity index (χ2v) is 8.85. The lowest BCUT2D eigenvalue weighted by atomic mass is 9.82. The van der Waals surface area contributed by atoms with E-state index in [1.807, 2.05) is 0 Å². The number of aromatic carboxylic acids is 1. The Kier molecular flexibility index (Phi) is 4.92. The number of anilines is 1. The molecule has 0 unspecified atom stereocenters. The van der Waals surface area contributed by atoms with Gasteiger partial charge in [0, 0.05) is 18.4 Å². The average molecular weight is 359 g/mol. The van der Waals surface area contributed by atoms with Gasteiger partial charge >= 0.3 is 5.97 Å². The van der Waals surface area contributed by atoms with Crippen molar-refractivity contribution in [3.8, 4) is 11.8 Å². The first-order valence-electron chi connectivity index (χ1n) is 8.97. The van der Waals surface area contributed by atoms with E-state index in [1.165, 1.54) is 4.90 Å². The van der Waals surface area contributed by atoms with Gasteiger partial charge in [-0.05, 0) is 57.4 Å². The van der Waals surface area contributed by atoms with Gasteiger partial charge in [0.2, 0.25) is 5.91 Å². The second-order valence-electron chi connectivity index (χ2n) is 7.79. The molecule has 4 nitrogen and oxygen atoms in total. The maximum atomic E-state index is 12.8. The molecule has 2 aliphatic carbocycles. The summed E-state index contributed by atoms with van der Waals surface area (Å²) in [6.07, 6.45) is 6.11. The van der Waals surface area contributed by atoms with Crippen molar-refractivity contribution in [1.29, 1.82) is 0 Å². The molecule has 1 aromatic heterocycles. The number of thiophene rings is 1. The average Bonchev–Trinajstić information content (AvgIpc) is 3.16. The lowest BCUT2D eigenvalue weighted by molar-refractivity contribution is -0.123. The van der Waals surface area contributed by atoms with Crippen LogP contribution in [0.5, 0.6) is 0 Å². The van der Waals surface area contributed by atoms with Crippen LogP contribution in [0.25, 0.3) is 0 Å². The highest BCUT2D eigenvalue weighted by Gasteiger charge is 2.35. The van der Waals surface area contributed by atoms with Gasteiger partial charge in [-0.25, -0.2) is 4.79 Å². The van der Waals surface area contributed by atoms with Crippen LogP contribution in [0.15, 0.2) is 6.07 Å². The number of rotatable bonds is 3. The fourth-order valence-electron chi connectivity index (χ4n) is 3.27. The van der Waals surface area contributed by atoms with Crippen molar-refractivity contribution in [2.75, 3.05) is 11.9 Å². The molecule has 1 heterocycles. The molecule has 2 fully saturated rings. The number of amides is 1. The number of hydrogen-bond acceptors (Lipinski definition) is 3. The van der Waals surface area contributed by atoms with E-state index in [4.69, 9.17) is 0 Å². The Bertz CT molecular complexity index is 743. The lowest BCUT2D eigenvalue weighted by Gasteiger charge is -2.28. The van der Waals surface area contributed by atoms with Gasteiger partial charge in [0.25, 0.3) is 0 Å². The van der Waals surface area contributed by atoms with Crippen molar-refractivity contribution >= 4 is 28.9 Å². The number of carbonyl (C=O) groups is 2. The number of hydrogen-bond donors (Lipinski definition) is 1. The zero-order valence-electron chi connectivity index (χ0n) is 15.1. The van der Waals surface area contributed by atoms with E-state index in [1.54, 1.807) is 13.1 Å². The Hall–Kier alpha value is -1.80. The van der Waals surface area contributed by atoms with Crippen molar-refractivity contribution in [3.63, 3.8) is 0 Å². The van der Waals surface area contributed by atoms with E-state index in [-0.39, 0.29) is 22.1 Å². The van der Waals surface area contributed by atoms with Gasteiger partial charge in [0.1, 0.15) is 4.88 Å². The van der Waals surface area contributed by atoms with Crippen LogP contribution in [0.4, 0.5) is 5.69 Å². The van der Waals surface area contributed by atoms with Crippen LogP contribution in [0, 0.1) is 29.1 Å². The largest absolute Gasteiger partial charge is 0.477 e. The molecule has 0 aliphatic heterocycles. The maximum Gasteiger partial charge on any atom is 0.348 e. The predicted molar refractivity (Wildman–Crippen MR) is 100 cm³/mol. The Morgan fingerprint density at radius 2 is 1.92 bits per heavy atom. The molecule has 2 saturated carbocycles. The molecule has 0 spiro atoms. The van der Waals surface area contributed by atoms with E-state index in [2.05, 4.69) is 25.7 Å². The van der Waals surface area contributed by atoms with Crippen molar-refractivity contribution in [1.82, 2.24) is 0 Å². The Balaban J connectivity index is 1.81. The van der Waals surface area contributed by atoms with Crippen LogP contribution in [0.3, 0.4) is 0 Å². The van der Waals surface area contributed by atoms with Crippen LogP contribution in [0.1, 0.15) is 66.9 Å². The maximum absolute atomic E-state index is 12.8. The molecule has 0 aromatic carbocycles. The summed E-state index contributed by atoms with van der Waals surface area (Å²) >= 11 is 1.16.